The molecule has 0 spiro atoms. The van der Waals surface area contributed by atoms with Gasteiger partial charge in [0.25, 0.3) is 0 Å². The summed E-state index contributed by atoms with van der Waals surface area (Å²) in [6, 6.07) is 18.3. The first kappa shape index (κ1) is 26.5. The number of hydrogen-bond acceptors (Lipinski definition) is 4. The lowest BCUT2D eigenvalue weighted by Gasteiger charge is -2.10. The Bertz CT molecular complexity index is 1480. The summed E-state index contributed by atoms with van der Waals surface area (Å²) in [5.41, 5.74) is 1.29. The van der Waals surface area contributed by atoms with Crippen molar-refractivity contribution in [1.29, 1.82) is 0 Å². The molecule has 0 aliphatic heterocycles. The molecule has 0 aromatic heterocycles. The van der Waals surface area contributed by atoms with Gasteiger partial charge in [-0.15, -0.1) is 0 Å². The van der Waals surface area contributed by atoms with E-state index in [-0.39, 0.29) is 22.6 Å². The van der Waals surface area contributed by atoms with Gasteiger partial charge < -0.3 is 9.47 Å². The zero-order chi connectivity index (χ0) is 27.4. The number of alkyl halides is 3. The maximum Gasteiger partial charge on any atom is 0.416 e. The van der Waals surface area contributed by atoms with Gasteiger partial charge in [-0.3, -0.25) is 9.59 Å². The largest absolute Gasteiger partial charge is 0.426 e. The number of esters is 2. The maximum absolute atomic E-state index is 14.5. The highest BCUT2D eigenvalue weighted by Crippen LogP contribution is 2.32. The minimum Gasteiger partial charge on any atom is -0.426 e. The fourth-order valence-corrected chi connectivity index (χ4v) is 3.61. The number of carbonyl (C=O) groups is 2. The Balaban J connectivity index is 1.36. The fraction of sp³-hybridized carbons (Fsp3) is 0.103. The van der Waals surface area contributed by atoms with Gasteiger partial charge in [-0.05, 0) is 54.4 Å². The lowest BCUT2D eigenvalue weighted by molar-refractivity contribution is -0.144. The number of hydrogen-bond donors (Lipinski definition) is 0. The van der Waals surface area contributed by atoms with Gasteiger partial charge in [-0.1, -0.05) is 42.0 Å². The van der Waals surface area contributed by atoms with Gasteiger partial charge in [0.05, 0.1) is 5.56 Å². The van der Waals surface area contributed by atoms with E-state index < -0.39 is 41.7 Å². The van der Waals surface area contributed by atoms with Crippen LogP contribution >= 0.6 is 0 Å². The summed E-state index contributed by atoms with van der Waals surface area (Å²) in [6.45, 7) is 1.91. The molecule has 0 amide bonds. The van der Waals surface area contributed by atoms with Crippen LogP contribution in [0, 0.1) is 18.6 Å². The van der Waals surface area contributed by atoms with Crippen molar-refractivity contribution in [2.45, 2.75) is 19.5 Å². The van der Waals surface area contributed by atoms with Crippen LogP contribution in [0.4, 0.5) is 22.0 Å². The molecule has 9 heteroatoms. The Morgan fingerprint density at radius 3 is 1.47 bits per heavy atom. The van der Waals surface area contributed by atoms with Gasteiger partial charge in [0.15, 0.2) is 0 Å². The molecule has 0 radical (unpaired) electrons. The molecule has 4 nitrogen and oxygen atoms in total. The molecule has 0 unspecified atom stereocenters. The number of carbonyl (C=O) groups excluding carboxylic acids is 2. The van der Waals surface area contributed by atoms with Crippen LogP contribution in [-0.4, -0.2) is 11.9 Å². The van der Waals surface area contributed by atoms with E-state index in [1.165, 1.54) is 24.3 Å². The number of aryl methyl sites for hydroxylation is 1. The van der Waals surface area contributed by atoms with E-state index in [2.05, 4.69) is 0 Å². The summed E-state index contributed by atoms with van der Waals surface area (Å²) in [6.07, 6.45) is -5.35. The quantitative estimate of drug-likeness (QED) is 0.113. The van der Waals surface area contributed by atoms with Crippen LogP contribution in [0.25, 0.3) is 22.3 Å². The summed E-state index contributed by atoms with van der Waals surface area (Å²) in [7, 11) is 0. The molecule has 0 bridgehead atoms. The number of ether oxygens (including phenoxy) is 2. The van der Waals surface area contributed by atoms with Crippen LogP contribution < -0.4 is 9.47 Å². The van der Waals surface area contributed by atoms with Crippen LogP contribution in [-0.2, 0) is 15.8 Å². The standard InChI is InChI=1S/C29H19F5O4/c1-17-2-4-18(5-3-17)23-12-10-21(14-25(23)30)37-27(35)16-28(36)38-22-11-13-24(26(31)15-22)19-6-8-20(9-7-19)29(32,33)34/h2-15H,16H2,1H3. The third kappa shape index (κ3) is 6.42. The lowest BCUT2D eigenvalue weighted by atomic mass is 10.0. The van der Waals surface area contributed by atoms with Crippen LogP contribution in [0.5, 0.6) is 11.5 Å². The van der Waals surface area contributed by atoms with Crippen LogP contribution in [0.15, 0.2) is 84.9 Å². The van der Waals surface area contributed by atoms with Crippen LogP contribution in [0.1, 0.15) is 17.5 Å². The van der Waals surface area contributed by atoms with Crippen molar-refractivity contribution in [2.24, 2.45) is 0 Å². The van der Waals surface area contributed by atoms with Crippen LogP contribution in [0.3, 0.4) is 0 Å². The Morgan fingerprint density at radius 1 is 0.658 bits per heavy atom. The molecule has 194 valence electrons. The minimum atomic E-state index is -4.52. The normalized spacial score (nSPS) is 11.2. The van der Waals surface area contributed by atoms with E-state index in [0.717, 1.165) is 42.0 Å². The summed E-state index contributed by atoms with van der Waals surface area (Å²) in [4.78, 5) is 24.2. The van der Waals surface area contributed by atoms with Crippen molar-refractivity contribution in [1.82, 2.24) is 0 Å². The molecule has 4 aromatic carbocycles. The Kier molecular flexibility index (Phi) is 7.57. The van der Waals surface area contributed by atoms with Crippen molar-refractivity contribution in [3.63, 3.8) is 0 Å². The molecule has 0 atom stereocenters. The number of halogens is 5. The Morgan fingerprint density at radius 2 is 1.08 bits per heavy atom. The first-order valence-corrected chi connectivity index (χ1v) is 11.2. The smallest absolute Gasteiger partial charge is 0.416 e. The molecule has 0 aliphatic carbocycles. The van der Waals surface area contributed by atoms with Gasteiger partial charge in [-0.2, -0.15) is 13.2 Å². The van der Waals surface area contributed by atoms with E-state index in [4.69, 9.17) is 9.47 Å². The zero-order valence-electron chi connectivity index (χ0n) is 19.8. The summed E-state index contributed by atoms with van der Waals surface area (Å²) in [5, 5.41) is 0. The van der Waals surface area contributed by atoms with Crippen molar-refractivity contribution >= 4 is 11.9 Å². The van der Waals surface area contributed by atoms with E-state index >= 15 is 0 Å². The molecular weight excluding hydrogens is 507 g/mol. The molecule has 0 saturated heterocycles. The van der Waals surface area contributed by atoms with E-state index in [1.54, 1.807) is 12.1 Å². The monoisotopic (exact) mass is 526 g/mol. The zero-order valence-corrected chi connectivity index (χ0v) is 19.8. The fourth-order valence-electron chi connectivity index (χ4n) is 3.61. The third-order valence-corrected chi connectivity index (χ3v) is 5.52. The first-order valence-electron chi connectivity index (χ1n) is 11.2. The minimum absolute atomic E-state index is 0.00551. The molecule has 0 saturated carbocycles. The highest BCUT2D eigenvalue weighted by molar-refractivity contribution is 5.93. The molecule has 0 fully saturated rings. The predicted octanol–water partition coefficient (Wildman–Crippen LogP) is 7.53. The second kappa shape index (κ2) is 10.8. The van der Waals surface area contributed by atoms with Crippen LogP contribution in [0.2, 0.25) is 0 Å². The van der Waals surface area contributed by atoms with Gasteiger partial charge >= 0.3 is 18.1 Å². The average molecular weight is 526 g/mol. The Hall–Kier alpha value is -4.53. The SMILES string of the molecule is Cc1ccc(-c2ccc(OC(=O)CC(=O)Oc3ccc(-c4ccc(C(F)(F)F)cc4)c(F)c3)cc2F)cc1. The van der Waals surface area contributed by atoms with Crippen molar-refractivity contribution in [3.8, 4) is 33.8 Å². The molecule has 4 aromatic rings. The summed E-state index contributed by atoms with van der Waals surface area (Å²) in [5.74, 6) is -3.85. The average Bonchev–Trinajstić information content (AvgIpc) is 2.84. The molecule has 0 heterocycles. The van der Waals surface area contributed by atoms with Crippen molar-refractivity contribution in [3.05, 3.63) is 108 Å². The topological polar surface area (TPSA) is 52.6 Å². The highest BCUT2D eigenvalue weighted by Gasteiger charge is 2.30. The van der Waals surface area contributed by atoms with E-state index in [0.29, 0.717) is 11.1 Å². The van der Waals surface area contributed by atoms with E-state index in [1.807, 2.05) is 19.1 Å². The van der Waals surface area contributed by atoms with Gasteiger partial charge in [-0.25, -0.2) is 8.78 Å². The number of benzene rings is 4. The maximum atomic E-state index is 14.5. The second-order valence-electron chi connectivity index (χ2n) is 8.35. The predicted molar refractivity (Wildman–Crippen MR) is 129 cm³/mol. The third-order valence-electron chi connectivity index (χ3n) is 5.52. The molecule has 0 aliphatic rings. The summed E-state index contributed by atoms with van der Waals surface area (Å²) >= 11 is 0. The van der Waals surface area contributed by atoms with Crippen molar-refractivity contribution < 1.29 is 41.0 Å². The molecular formula is C29H19F5O4. The van der Waals surface area contributed by atoms with Gasteiger partial charge in [0, 0.05) is 23.3 Å². The highest BCUT2D eigenvalue weighted by atomic mass is 19.4. The van der Waals surface area contributed by atoms with E-state index in [9.17, 15) is 31.5 Å². The van der Waals surface area contributed by atoms with Gasteiger partial charge in [0.1, 0.15) is 29.6 Å². The molecule has 4 rings (SSSR count). The second-order valence-corrected chi connectivity index (χ2v) is 8.35. The van der Waals surface area contributed by atoms with Gasteiger partial charge in [0.2, 0.25) is 0 Å². The summed E-state index contributed by atoms with van der Waals surface area (Å²) < 4.78 is 77.2. The Labute approximate surface area is 214 Å². The molecule has 38 heavy (non-hydrogen) atoms. The first-order chi connectivity index (χ1) is 18.0. The van der Waals surface area contributed by atoms with Crippen molar-refractivity contribution in [2.75, 3.05) is 0 Å². The molecule has 0 N–H and O–H groups in total. The number of rotatable bonds is 6. The lowest BCUT2D eigenvalue weighted by Crippen LogP contribution is -2.18.